The molecule has 0 aliphatic heterocycles. The van der Waals surface area contributed by atoms with Gasteiger partial charge in [-0.2, -0.15) is 9.49 Å². The third-order valence-corrected chi connectivity index (χ3v) is 8.66. The first-order valence-electron chi connectivity index (χ1n) is 12.6. The third-order valence-electron chi connectivity index (χ3n) is 6.80. The summed E-state index contributed by atoms with van der Waals surface area (Å²) in [6.07, 6.45) is 2.15. The summed E-state index contributed by atoms with van der Waals surface area (Å²) in [7, 11) is -3.71. The van der Waals surface area contributed by atoms with Crippen molar-refractivity contribution in [3.63, 3.8) is 0 Å². The highest BCUT2D eigenvalue weighted by atomic mass is 32.2. The van der Waals surface area contributed by atoms with Crippen LogP contribution in [-0.2, 0) is 10.0 Å². The van der Waals surface area contributed by atoms with Crippen LogP contribution in [0.1, 0.15) is 34.5 Å². The van der Waals surface area contributed by atoms with E-state index in [9.17, 15) is 26.4 Å². The van der Waals surface area contributed by atoms with Gasteiger partial charge in [-0.05, 0) is 61.7 Å². The van der Waals surface area contributed by atoms with Crippen LogP contribution in [0.2, 0.25) is 0 Å². The van der Waals surface area contributed by atoms with Crippen LogP contribution in [0.3, 0.4) is 0 Å². The van der Waals surface area contributed by atoms with Gasteiger partial charge in [0.25, 0.3) is 0 Å². The number of aromatic nitrogens is 3. The Hall–Kier alpha value is -4.85. The van der Waals surface area contributed by atoms with Gasteiger partial charge >= 0.3 is 0 Å². The first kappa shape index (κ1) is 27.3. The van der Waals surface area contributed by atoms with E-state index in [1.165, 1.54) is 37.3 Å². The number of rotatable bonds is 8. The van der Waals surface area contributed by atoms with Crippen LogP contribution in [0.4, 0.5) is 29.1 Å². The zero-order valence-electron chi connectivity index (χ0n) is 21.7. The Morgan fingerprint density at radius 1 is 1.07 bits per heavy atom. The Labute approximate surface area is 236 Å². The fourth-order valence-corrected chi connectivity index (χ4v) is 5.93. The molecule has 0 amide bonds. The van der Waals surface area contributed by atoms with Crippen LogP contribution in [-0.4, -0.2) is 34.2 Å². The topological polar surface area (TPSA) is 132 Å². The molecule has 0 unspecified atom stereocenters. The zero-order valence-corrected chi connectivity index (χ0v) is 22.5. The molecule has 42 heavy (non-hydrogen) atoms. The highest BCUT2D eigenvalue weighted by Gasteiger charge is 2.36. The number of halogens is 4. The Kier molecular flexibility index (Phi) is 6.44. The summed E-state index contributed by atoms with van der Waals surface area (Å²) in [5.74, 6) is -5.39. The fraction of sp³-hybridized carbons (Fsp3) is 0.143. The van der Waals surface area contributed by atoms with Crippen LogP contribution in [0.5, 0.6) is 11.5 Å². The zero-order chi connectivity index (χ0) is 29.9. The molecule has 4 N–H and O–H groups in total. The average Bonchev–Trinajstić information content (AvgIpc) is 3.63. The van der Waals surface area contributed by atoms with Gasteiger partial charge < -0.3 is 15.5 Å². The molecular formula is C28H21F4N5O4S. The Morgan fingerprint density at radius 3 is 2.55 bits per heavy atom. The first-order chi connectivity index (χ1) is 19.9. The number of nitrogens with one attached hydrogen (secondary N) is 2. The number of nitrogens with two attached hydrogens (primary N) is 1. The van der Waals surface area contributed by atoms with Gasteiger partial charge in [0.1, 0.15) is 23.1 Å². The maximum absolute atomic E-state index is 15.2. The number of sulfonamides is 1. The molecule has 2 aromatic heterocycles. The highest BCUT2D eigenvalue weighted by molar-refractivity contribution is 7.93. The SMILES string of the molecule is Cc1cc(Oc2cccc(F)c2F)cc(F)c1-n1ncc(C(=O)c2cc3cc(F)c(NS(=O)(=O)C4CC4)cc3[nH]2)c1N. The second kappa shape index (κ2) is 9.91. The molecular weight excluding hydrogens is 578 g/mol. The van der Waals surface area contributed by atoms with E-state index in [4.69, 9.17) is 10.5 Å². The van der Waals surface area contributed by atoms with E-state index in [2.05, 4.69) is 14.8 Å². The molecule has 0 spiro atoms. The number of nitrogens with zero attached hydrogens (tertiary/aromatic N) is 2. The standard InChI is InChI=1S/C28H21F4N5O4S/c1-13-7-15(41-24-4-2-3-18(29)25(24)32)10-20(31)26(13)37-28(33)17(12-34-37)27(38)23-9-14-8-19(30)22(11-21(14)35-23)36-42(39,40)16-5-6-16/h2-4,7-12,16,35-36H,5-6,33H2,1H3. The van der Waals surface area contributed by atoms with Crippen molar-refractivity contribution in [3.8, 4) is 17.2 Å². The van der Waals surface area contributed by atoms with Crippen LogP contribution in [0.15, 0.2) is 54.7 Å². The van der Waals surface area contributed by atoms with Crippen LogP contribution in [0.25, 0.3) is 16.6 Å². The van der Waals surface area contributed by atoms with Crippen molar-refractivity contribution in [2.24, 2.45) is 0 Å². The molecule has 2 heterocycles. The Balaban J connectivity index is 1.29. The number of carbonyl (C=O) groups excluding carboxylic acids is 1. The van der Waals surface area contributed by atoms with Gasteiger partial charge in [-0.3, -0.25) is 9.52 Å². The molecule has 1 fully saturated rings. The number of nitrogen functional groups attached to an aromatic ring is 1. The van der Waals surface area contributed by atoms with Crippen molar-refractivity contribution in [3.05, 3.63) is 94.8 Å². The normalized spacial score (nSPS) is 13.5. The number of anilines is 2. The van der Waals surface area contributed by atoms with Crippen molar-refractivity contribution in [1.82, 2.24) is 14.8 Å². The predicted octanol–water partition coefficient (Wildman–Crippen LogP) is 5.73. The smallest absolute Gasteiger partial charge is 0.235 e. The minimum Gasteiger partial charge on any atom is -0.454 e. The average molecular weight is 600 g/mol. The molecule has 1 aliphatic rings. The minimum atomic E-state index is -3.71. The number of benzene rings is 3. The van der Waals surface area contributed by atoms with E-state index >= 15 is 4.39 Å². The lowest BCUT2D eigenvalue weighted by atomic mass is 10.1. The molecule has 1 saturated carbocycles. The molecule has 5 aromatic rings. The van der Waals surface area contributed by atoms with Gasteiger partial charge in [0.15, 0.2) is 17.4 Å². The number of hydrogen-bond acceptors (Lipinski definition) is 6. The number of fused-ring (bicyclic) bond motifs is 1. The first-order valence-corrected chi connectivity index (χ1v) is 14.1. The molecule has 0 atom stereocenters. The molecule has 1 aliphatic carbocycles. The Bertz CT molecular complexity index is 2000. The molecule has 14 heteroatoms. The van der Waals surface area contributed by atoms with Gasteiger partial charge in [0.05, 0.1) is 28.4 Å². The number of aromatic amines is 1. The molecule has 0 radical (unpaired) electrons. The van der Waals surface area contributed by atoms with Crippen molar-refractivity contribution in [1.29, 1.82) is 0 Å². The van der Waals surface area contributed by atoms with Gasteiger partial charge in [0.2, 0.25) is 21.6 Å². The lowest BCUT2D eigenvalue weighted by Gasteiger charge is -2.13. The number of ketones is 1. The van der Waals surface area contributed by atoms with E-state index in [0.717, 1.165) is 29.1 Å². The Morgan fingerprint density at radius 2 is 1.83 bits per heavy atom. The second-order valence-corrected chi connectivity index (χ2v) is 11.8. The number of hydrogen-bond donors (Lipinski definition) is 3. The summed E-state index contributed by atoms with van der Waals surface area (Å²) >= 11 is 0. The molecule has 6 rings (SSSR count). The van der Waals surface area contributed by atoms with E-state index in [-0.39, 0.29) is 39.8 Å². The van der Waals surface area contributed by atoms with Gasteiger partial charge in [-0.25, -0.2) is 26.3 Å². The van der Waals surface area contributed by atoms with E-state index < -0.39 is 50.1 Å². The monoisotopic (exact) mass is 599 g/mol. The van der Waals surface area contributed by atoms with Crippen LogP contribution >= 0.6 is 0 Å². The lowest BCUT2D eigenvalue weighted by molar-refractivity contribution is 0.103. The minimum absolute atomic E-state index is 0.0101. The summed E-state index contributed by atoms with van der Waals surface area (Å²) in [5.41, 5.74) is 6.32. The van der Waals surface area contributed by atoms with Gasteiger partial charge in [0, 0.05) is 17.0 Å². The van der Waals surface area contributed by atoms with Crippen molar-refractivity contribution in [2.45, 2.75) is 25.0 Å². The molecule has 9 nitrogen and oxygen atoms in total. The van der Waals surface area contributed by atoms with E-state index in [1.807, 2.05) is 0 Å². The van der Waals surface area contributed by atoms with Gasteiger partial charge in [-0.15, -0.1) is 0 Å². The summed E-state index contributed by atoms with van der Waals surface area (Å²) in [4.78, 5) is 16.2. The summed E-state index contributed by atoms with van der Waals surface area (Å²) in [6, 6.07) is 9.39. The number of aryl methyl sites for hydroxylation is 1. The van der Waals surface area contributed by atoms with Gasteiger partial charge in [-0.1, -0.05) is 6.07 Å². The largest absolute Gasteiger partial charge is 0.454 e. The summed E-state index contributed by atoms with van der Waals surface area (Å²) in [5, 5.41) is 3.82. The lowest BCUT2D eigenvalue weighted by Crippen LogP contribution is -2.18. The van der Waals surface area contributed by atoms with Crippen molar-refractivity contribution < 1.29 is 35.5 Å². The van der Waals surface area contributed by atoms with E-state index in [0.29, 0.717) is 23.7 Å². The summed E-state index contributed by atoms with van der Waals surface area (Å²) in [6.45, 7) is 1.51. The molecule has 216 valence electrons. The quantitative estimate of drug-likeness (QED) is 0.154. The summed E-state index contributed by atoms with van der Waals surface area (Å²) < 4.78 is 90.5. The molecule has 3 aromatic carbocycles. The van der Waals surface area contributed by atoms with Crippen LogP contribution < -0.4 is 15.2 Å². The second-order valence-electron chi connectivity index (χ2n) is 9.86. The number of carbonyl (C=O) groups is 1. The third kappa shape index (κ3) is 4.83. The maximum Gasteiger partial charge on any atom is 0.235 e. The number of ether oxygens (including phenoxy) is 1. The van der Waals surface area contributed by atoms with Crippen LogP contribution in [0, 0.1) is 30.2 Å². The number of H-pyrrole nitrogens is 1. The molecule has 0 saturated heterocycles. The van der Waals surface area contributed by atoms with Crippen molar-refractivity contribution >= 4 is 38.2 Å². The fourth-order valence-electron chi connectivity index (χ4n) is 4.55. The van der Waals surface area contributed by atoms with Crippen molar-refractivity contribution in [2.75, 3.05) is 10.5 Å². The maximum atomic E-state index is 15.2. The molecule has 0 bridgehead atoms. The highest BCUT2D eigenvalue weighted by Crippen LogP contribution is 2.34. The predicted molar refractivity (Wildman–Crippen MR) is 146 cm³/mol. The van der Waals surface area contributed by atoms with E-state index in [1.54, 1.807) is 0 Å².